The van der Waals surface area contributed by atoms with Crippen molar-refractivity contribution in [3.05, 3.63) is 36.2 Å². The van der Waals surface area contributed by atoms with Gasteiger partial charge in [-0.2, -0.15) is 0 Å². The normalized spacial score (nSPS) is 10.1. The van der Waals surface area contributed by atoms with Gasteiger partial charge in [0.25, 0.3) is 5.91 Å². The number of methoxy groups -OCH3 is 1. The van der Waals surface area contributed by atoms with Crippen molar-refractivity contribution in [3.8, 4) is 5.75 Å². The Kier molecular flexibility index (Phi) is 6.18. The zero-order valence-corrected chi connectivity index (χ0v) is 13.8. The molecule has 1 aromatic heterocycles. The molecule has 0 saturated heterocycles. The van der Waals surface area contributed by atoms with E-state index in [-0.39, 0.29) is 5.91 Å². The zero-order chi connectivity index (χ0) is 17.4. The first kappa shape index (κ1) is 17.3. The van der Waals surface area contributed by atoms with Crippen LogP contribution >= 0.6 is 0 Å². The first-order chi connectivity index (χ1) is 11.7. The number of hydrogen-bond acceptors (Lipinski definition) is 7. The summed E-state index contributed by atoms with van der Waals surface area (Å²) >= 11 is 0. The van der Waals surface area contributed by atoms with Crippen molar-refractivity contribution in [3.63, 3.8) is 0 Å². The number of anilines is 3. The number of hydrazine groups is 1. The van der Waals surface area contributed by atoms with Gasteiger partial charge >= 0.3 is 0 Å². The van der Waals surface area contributed by atoms with E-state index in [1.807, 2.05) is 0 Å². The number of nitrogens with two attached hydrogens (primary N) is 1. The highest BCUT2D eigenvalue weighted by Crippen LogP contribution is 2.22. The number of nitrogens with zero attached hydrogens (tertiary/aromatic N) is 2. The van der Waals surface area contributed by atoms with Crippen LogP contribution in [0.5, 0.6) is 5.75 Å². The lowest BCUT2D eigenvalue weighted by molar-refractivity contribution is 0.0959. The summed E-state index contributed by atoms with van der Waals surface area (Å²) in [6.07, 6.45) is 3.46. The van der Waals surface area contributed by atoms with Crippen LogP contribution in [0.2, 0.25) is 0 Å². The van der Waals surface area contributed by atoms with Gasteiger partial charge in [-0.05, 0) is 18.6 Å². The third-order valence-corrected chi connectivity index (χ3v) is 3.35. The summed E-state index contributed by atoms with van der Waals surface area (Å²) in [5, 5.41) is 3.14. The van der Waals surface area contributed by atoms with Gasteiger partial charge in [0.15, 0.2) is 11.6 Å². The molecule has 0 aliphatic heterocycles. The second-order valence-corrected chi connectivity index (χ2v) is 5.04. The smallest absolute Gasteiger partial charge is 0.273 e. The summed E-state index contributed by atoms with van der Waals surface area (Å²) in [7, 11) is 1.51. The third-order valence-electron chi connectivity index (χ3n) is 3.35. The highest BCUT2D eigenvalue weighted by atomic mass is 16.5. The molecule has 2 aromatic rings. The Balaban J connectivity index is 2.03. The molecular formula is C16H22N6O2. The van der Waals surface area contributed by atoms with E-state index < -0.39 is 0 Å². The summed E-state index contributed by atoms with van der Waals surface area (Å²) in [4.78, 5) is 20.4. The molecule has 0 unspecified atom stereocenters. The molecule has 1 amide bonds. The van der Waals surface area contributed by atoms with Gasteiger partial charge in [0.05, 0.1) is 12.7 Å². The van der Waals surface area contributed by atoms with Gasteiger partial charge in [-0.15, -0.1) is 0 Å². The van der Waals surface area contributed by atoms with Gasteiger partial charge in [-0.25, -0.2) is 9.97 Å². The van der Waals surface area contributed by atoms with Crippen LogP contribution in [0.1, 0.15) is 30.1 Å². The van der Waals surface area contributed by atoms with Crippen molar-refractivity contribution in [2.45, 2.75) is 19.8 Å². The van der Waals surface area contributed by atoms with E-state index in [1.165, 1.54) is 13.4 Å². The predicted octanol–water partition coefficient (Wildman–Crippen LogP) is 2.04. The van der Waals surface area contributed by atoms with Crippen LogP contribution in [-0.4, -0.2) is 29.5 Å². The minimum atomic E-state index is -0.356. The molecule has 0 saturated carbocycles. The molecule has 0 radical (unpaired) electrons. The lowest BCUT2D eigenvalue weighted by Crippen LogP contribution is -2.30. The largest absolute Gasteiger partial charge is 0.496 e. The van der Waals surface area contributed by atoms with Crippen molar-refractivity contribution < 1.29 is 9.53 Å². The van der Waals surface area contributed by atoms with Gasteiger partial charge in [-0.1, -0.05) is 25.5 Å². The number of hydrogen-bond donors (Lipinski definition) is 4. The van der Waals surface area contributed by atoms with Crippen LogP contribution in [0.15, 0.2) is 30.6 Å². The van der Waals surface area contributed by atoms with Crippen LogP contribution in [0, 0.1) is 0 Å². The number of carbonyl (C=O) groups excluding carboxylic acids is 1. The quantitative estimate of drug-likeness (QED) is 0.432. The fourth-order valence-corrected chi connectivity index (χ4v) is 2.04. The molecule has 24 heavy (non-hydrogen) atoms. The van der Waals surface area contributed by atoms with Gasteiger partial charge < -0.3 is 15.8 Å². The highest BCUT2D eigenvalue weighted by Gasteiger charge is 2.13. The van der Waals surface area contributed by atoms with E-state index in [9.17, 15) is 4.79 Å². The fraction of sp³-hybridized carbons (Fsp3) is 0.312. The molecule has 1 heterocycles. The van der Waals surface area contributed by atoms with E-state index in [1.54, 1.807) is 24.3 Å². The summed E-state index contributed by atoms with van der Waals surface area (Å²) in [5.74, 6) is 0.986. The molecule has 0 bridgehead atoms. The van der Waals surface area contributed by atoms with Crippen LogP contribution in [0.25, 0.3) is 0 Å². The molecular weight excluding hydrogens is 308 g/mol. The van der Waals surface area contributed by atoms with E-state index >= 15 is 0 Å². The van der Waals surface area contributed by atoms with Gasteiger partial charge in [-0.3, -0.25) is 15.6 Å². The van der Waals surface area contributed by atoms with Crippen LogP contribution in [-0.2, 0) is 0 Å². The summed E-state index contributed by atoms with van der Waals surface area (Å²) in [6, 6.07) is 6.92. The van der Waals surface area contributed by atoms with Gasteiger partial charge in [0.2, 0.25) is 0 Å². The van der Waals surface area contributed by atoms with Crippen LogP contribution in [0.4, 0.5) is 17.3 Å². The van der Waals surface area contributed by atoms with E-state index in [2.05, 4.69) is 33.1 Å². The molecule has 2 rings (SSSR count). The minimum Gasteiger partial charge on any atom is -0.496 e. The van der Waals surface area contributed by atoms with Crippen molar-refractivity contribution in [1.82, 2.24) is 15.4 Å². The lowest BCUT2D eigenvalue weighted by atomic mass is 10.2. The highest BCUT2D eigenvalue weighted by molar-refractivity contribution is 5.97. The molecule has 0 aliphatic carbocycles. The van der Waals surface area contributed by atoms with Crippen molar-refractivity contribution in [2.24, 2.45) is 0 Å². The summed E-state index contributed by atoms with van der Waals surface area (Å²) < 4.78 is 5.17. The monoisotopic (exact) mass is 330 g/mol. The molecule has 1 aromatic carbocycles. The van der Waals surface area contributed by atoms with E-state index in [4.69, 9.17) is 10.5 Å². The average Bonchev–Trinajstić information content (AvgIpc) is 2.62. The Bertz CT molecular complexity index is 692. The minimum absolute atomic E-state index is 0.326. The van der Waals surface area contributed by atoms with E-state index in [0.29, 0.717) is 28.6 Å². The zero-order valence-electron chi connectivity index (χ0n) is 13.8. The summed E-state index contributed by atoms with van der Waals surface area (Å²) in [5.41, 5.74) is 12.0. The topological polar surface area (TPSA) is 114 Å². The Labute approximate surface area is 140 Å². The second kappa shape index (κ2) is 8.56. The molecule has 5 N–H and O–H groups in total. The SMILES string of the molecule is CCCCNc1ncnc(NNC(=O)c2ccccc2OC)c1N. The van der Waals surface area contributed by atoms with Gasteiger partial charge in [0, 0.05) is 6.54 Å². The molecule has 0 spiro atoms. The Morgan fingerprint density at radius 1 is 1.25 bits per heavy atom. The Hall–Kier alpha value is -3.03. The number of nitrogen functional groups attached to an aromatic ring is 1. The number of unbranched alkanes of at least 4 members (excludes halogenated alkanes) is 1. The lowest BCUT2D eigenvalue weighted by Gasteiger charge is -2.13. The number of carbonyl (C=O) groups is 1. The van der Waals surface area contributed by atoms with Crippen molar-refractivity contribution >= 4 is 23.2 Å². The van der Waals surface area contributed by atoms with Crippen LogP contribution in [0.3, 0.4) is 0 Å². The van der Waals surface area contributed by atoms with Gasteiger partial charge in [0.1, 0.15) is 17.8 Å². The number of para-hydroxylation sites is 1. The molecule has 128 valence electrons. The number of amides is 1. The Morgan fingerprint density at radius 2 is 2.00 bits per heavy atom. The average molecular weight is 330 g/mol. The standard InChI is InChI=1S/C16H22N6O2/c1-3-4-9-18-14-13(17)15(20-10-19-14)21-22-16(23)11-7-5-6-8-12(11)24-2/h5-8,10H,3-4,9,17H2,1-2H3,(H,22,23)(H2,18,19,20,21). The van der Waals surface area contributed by atoms with Crippen LogP contribution < -0.4 is 26.6 Å². The van der Waals surface area contributed by atoms with Crippen molar-refractivity contribution in [1.29, 1.82) is 0 Å². The number of aromatic nitrogens is 2. The molecule has 8 heteroatoms. The number of ether oxygens (including phenoxy) is 1. The number of rotatable bonds is 8. The first-order valence-corrected chi connectivity index (χ1v) is 7.71. The Morgan fingerprint density at radius 3 is 2.75 bits per heavy atom. The first-order valence-electron chi connectivity index (χ1n) is 7.71. The molecule has 8 nitrogen and oxygen atoms in total. The predicted molar refractivity (Wildman–Crippen MR) is 93.9 cm³/mol. The molecule has 0 atom stereocenters. The summed E-state index contributed by atoms with van der Waals surface area (Å²) in [6.45, 7) is 2.87. The molecule has 0 aliphatic rings. The third kappa shape index (κ3) is 4.25. The molecule has 0 fully saturated rings. The second-order valence-electron chi connectivity index (χ2n) is 5.04. The van der Waals surface area contributed by atoms with E-state index in [0.717, 1.165) is 19.4 Å². The van der Waals surface area contributed by atoms with Crippen molar-refractivity contribution in [2.75, 3.05) is 30.1 Å². The maximum atomic E-state index is 12.3. The fourth-order valence-electron chi connectivity index (χ4n) is 2.04. The number of nitrogens with one attached hydrogen (secondary N) is 3. The maximum Gasteiger partial charge on any atom is 0.273 e. The maximum absolute atomic E-state index is 12.3. The number of benzene rings is 1.